The maximum Gasteiger partial charge on any atom is 0.241 e. The zero-order chi connectivity index (χ0) is 14.7. The summed E-state index contributed by atoms with van der Waals surface area (Å²) >= 11 is 1.70. The normalized spacial score (nSPS) is 22.0. The second-order valence-corrected chi connectivity index (χ2v) is 6.27. The second kappa shape index (κ2) is 6.41. The molecule has 110 valence electrons. The largest absolute Gasteiger partial charge is 0.321 e. The number of hydrogen-bond donors (Lipinski definition) is 1. The van der Waals surface area contributed by atoms with E-state index in [1.807, 2.05) is 36.1 Å². The van der Waals surface area contributed by atoms with E-state index in [0.717, 1.165) is 19.4 Å². The fourth-order valence-corrected chi connectivity index (χ4v) is 3.66. The van der Waals surface area contributed by atoms with E-state index in [4.69, 9.17) is 0 Å². The SMILES string of the molecule is CCN1C(=O)C(CCc2ccccc2)NC1c1cccs1. The molecule has 1 aliphatic rings. The number of nitrogens with one attached hydrogen (secondary N) is 1. The average Bonchev–Trinajstić information content (AvgIpc) is 3.14. The van der Waals surface area contributed by atoms with Crippen molar-refractivity contribution in [2.24, 2.45) is 0 Å². The van der Waals surface area contributed by atoms with Gasteiger partial charge in [0.2, 0.25) is 5.91 Å². The minimum absolute atomic E-state index is 0.0447. The lowest BCUT2D eigenvalue weighted by Crippen LogP contribution is -2.31. The van der Waals surface area contributed by atoms with E-state index in [9.17, 15) is 4.79 Å². The van der Waals surface area contributed by atoms with E-state index in [1.165, 1.54) is 10.4 Å². The van der Waals surface area contributed by atoms with Gasteiger partial charge in [0.25, 0.3) is 0 Å². The van der Waals surface area contributed by atoms with Gasteiger partial charge in [-0.05, 0) is 36.8 Å². The Morgan fingerprint density at radius 1 is 1.19 bits per heavy atom. The summed E-state index contributed by atoms with van der Waals surface area (Å²) in [6, 6.07) is 14.4. The fraction of sp³-hybridized carbons (Fsp3) is 0.353. The van der Waals surface area contributed by atoms with Crippen molar-refractivity contribution in [2.75, 3.05) is 6.54 Å². The lowest BCUT2D eigenvalue weighted by atomic mass is 10.1. The zero-order valence-corrected chi connectivity index (χ0v) is 13.0. The monoisotopic (exact) mass is 300 g/mol. The van der Waals surface area contributed by atoms with Crippen LogP contribution in [0.4, 0.5) is 0 Å². The Labute approximate surface area is 129 Å². The summed E-state index contributed by atoms with van der Waals surface area (Å²) in [7, 11) is 0. The third-order valence-corrected chi connectivity index (χ3v) is 4.89. The van der Waals surface area contributed by atoms with Crippen LogP contribution in [0, 0.1) is 0 Å². The van der Waals surface area contributed by atoms with Gasteiger partial charge >= 0.3 is 0 Å². The summed E-state index contributed by atoms with van der Waals surface area (Å²) in [5.41, 5.74) is 1.29. The van der Waals surface area contributed by atoms with E-state index in [2.05, 4.69) is 28.9 Å². The van der Waals surface area contributed by atoms with Crippen molar-refractivity contribution in [1.29, 1.82) is 0 Å². The van der Waals surface area contributed by atoms with Crippen LogP contribution in [-0.4, -0.2) is 23.4 Å². The van der Waals surface area contributed by atoms with Gasteiger partial charge in [0, 0.05) is 11.4 Å². The Bertz CT molecular complexity index is 582. The Balaban J connectivity index is 1.68. The van der Waals surface area contributed by atoms with Gasteiger partial charge in [-0.2, -0.15) is 0 Å². The summed E-state index contributed by atoms with van der Waals surface area (Å²) < 4.78 is 0. The quantitative estimate of drug-likeness (QED) is 0.919. The van der Waals surface area contributed by atoms with Crippen LogP contribution in [0.2, 0.25) is 0 Å². The van der Waals surface area contributed by atoms with E-state index in [1.54, 1.807) is 11.3 Å². The summed E-state index contributed by atoms with van der Waals surface area (Å²) in [6.45, 7) is 2.79. The van der Waals surface area contributed by atoms with Gasteiger partial charge in [0.05, 0.1) is 6.04 Å². The van der Waals surface area contributed by atoms with Crippen molar-refractivity contribution in [1.82, 2.24) is 10.2 Å². The Kier molecular flexibility index (Phi) is 4.36. The molecule has 1 aliphatic heterocycles. The van der Waals surface area contributed by atoms with Crippen molar-refractivity contribution in [3.8, 4) is 0 Å². The van der Waals surface area contributed by atoms with Gasteiger partial charge in [0.15, 0.2) is 0 Å². The van der Waals surface area contributed by atoms with Crippen molar-refractivity contribution in [3.05, 3.63) is 58.3 Å². The standard InChI is InChI=1S/C17H20N2OS/c1-2-19-16(15-9-6-12-21-15)18-14(17(19)20)11-10-13-7-4-3-5-8-13/h3-9,12,14,16,18H,2,10-11H2,1H3. The molecule has 1 aromatic heterocycles. The number of likely N-dealkylation sites (N-methyl/N-ethyl adjacent to an activating group) is 1. The molecule has 1 saturated heterocycles. The average molecular weight is 300 g/mol. The molecule has 0 aliphatic carbocycles. The van der Waals surface area contributed by atoms with Crippen LogP contribution in [0.15, 0.2) is 47.8 Å². The summed E-state index contributed by atoms with van der Waals surface area (Å²) in [6.07, 6.45) is 1.82. The van der Waals surface area contributed by atoms with Crippen LogP contribution in [0.25, 0.3) is 0 Å². The van der Waals surface area contributed by atoms with Gasteiger partial charge in [-0.25, -0.2) is 0 Å². The molecular formula is C17H20N2OS. The topological polar surface area (TPSA) is 32.3 Å². The Morgan fingerprint density at radius 3 is 2.67 bits per heavy atom. The van der Waals surface area contributed by atoms with Crippen LogP contribution < -0.4 is 5.32 Å². The maximum atomic E-state index is 12.5. The minimum atomic E-state index is -0.0720. The highest BCUT2D eigenvalue weighted by Gasteiger charge is 2.38. The number of benzene rings is 1. The molecular weight excluding hydrogens is 280 g/mol. The lowest BCUT2D eigenvalue weighted by Gasteiger charge is -2.21. The first-order valence-electron chi connectivity index (χ1n) is 7.43. The molecule has 0 bridgehead atoms. The molecule has 0 spiro atoms. The summed E-state index contributed by atoms with van der Waals surface area (Å²) in [5.74, 6) is 0.229. The van der Waals surface area contributed by atoms with E-state index < -0.39 is 0 Å². The number of carbonyl (C=O) groups is 1. The Hall–Kier alpha value is -1.65. The van der Waals surface area contributed by atoms with Crippen molar-refractivity contribution in [3.63, 3.8) is 0 Å². The maximum absolute atomic E-state index is 12.5. The van der Waals surface area contributed by atoms with Gasteiger partial charge < -0.3 is 4.90 Å². The fourth-order valence-electron chi connectivity index (χ4n) is 2.86. The summed E-state index contributed by atoms with van der Waals surface area (Å²) in [4.78, 5) is 15.7. The number of thiophene rings is 1. The van der Waals surface area contributed by atoms with E-state index in [0.29, 0.717) is 0 Å². The number of carbonyl (C=O) groups excluding carboxylic acids is 1. The number of hydrogen-bond acceptors (Lipinski definition) is 3. The smallest absolute Gasteiger partial charge is 0.241 e. The number of amides is 1. The summed E-state index contributed by atoms with van der Waals surface area (Å²) in [5, 5.41) is 5.56. The Morgan fingerprint density at radius 2 is 2.00 bits per heavy atom. The third kappa shape index (κ3) is 3.01. The van der Waals surface area contributed by atoms with Crippen molar-refractivity contribution >= 4 is 17.2 Å². The molecule has 1 amide bonds. The molecule has 1 aromatic carbocycles. The molecule has 0 radical (unpaired) electrons. The van der Waals surface area contributed by atoms with Gasteiger partial charge in [-0.3, -0.25) is 10.1 Å². The van der Waals surface area contributed by atoms with E-state index >= 15 is 0 Å². The van der Waals surface area contributed by atoms with Crippen LogP contribution in [0.5, 0.6) is 0 Å². The van der Waals surface area contributed by atoms with Gasteiger partial charge in [-0.1, -0.05) is 36.4 Å². The first-order valence-corrected chi connectivity index (χ1v) is 8.31. The van der Waals surface area contributed by atoms with Gasteiger partial charge in [-0.15, -0.1) is 11.3 Å². The number of rotatable bonds is 5. The van der Waals surface area contributed by atoms with Crippen molar-refractivity contribution in [2.45, 2.75) is 32.0 Å². The second-order valence-electron chi connectivity index (χ2n) is 5.29. The molecule has 2 aromatic rings. The highest BCUT2D eigenvalue weighted by Crippen LogP contribution is 2.29. The molecule has 2 unspecified atom stereocenters. The molecule has 3 rings (SSSR count). The lowest BCUT2D eigenvalue weighted by molar-refractivity contribution is -0.130. The molecule has 1 fully saturated rings. The van der Waals surface area contributed by atoms with Crippen molar-refractivity contribution < 1.29 is 4.79 Å². The van der Waals surface area contributed by atoms with Gasteiger partial charge in [0.1, 0.15) is 6.17 Å². The molecule has 4 heteroatoms. The predicted molar refractivity (Wildman–Crippen MR) is 86.1 cm³/mol. The molecule has 2 heterocycles. The zero-order valence-electron chi connectivity index (χ0n) is 12.2. The first kappa shape index (κ1) is 14.3. The van der Waals surface area contributed by atoms with Crippen LogP contribution in [-0.2, 0) is 11.2 Å². The number of nitrogens with zero attached hydrogens (tertiary/aromatic N) is 1. The van der Waals surface area contributed by atoms with Crippen LogP contribution >= 0.6 is 11.3 Å². The highest BCUT2D eigenvalue weighted by atomic mass is 32.1. The molecule has 3 nitrogen and oxygen atoms in total. The third-order valence-electron chi connectivity index (χ3n) is 3.97. The molecule has 2 atom stereocenters. The number of aryl methyl sites for hydroxylation is 1. The van der Waals surface area contributed by atoms with E-state index in [-0.39, 0.29) is 18.1 Å². The molecule has 21 heavy (non-hydrogen) atoms. The minimum Gasteiger partial charge on any atom is -0.321 e. The first-order chi connectivity index (χ1) is 10.3. The molecule has 0 saturated carbocycles. The van der Waals surface area contributed by atoms with Crippen LogP contribution in [0.3, 0.4) is 0 Å². The predicted octanol–water partition coefficient (Wildman–Crippen LogP) is 3.20. The van der Waals surface area contributed by atoms with Crippen LogP contribution in [0.1, 0.15) is 30.0 Å². The molecule has 1 N–H and O–H groups in total. The highest BCUT2D eigenvalue weighted by molar-refractivity contribution is 7.10.